The Morgan fingerprint density at radius 2 is 1.59 bits per heavy atom. The first kappa shape index (κ1) is 19.0. The van der Waals surface area contributed by atoms with Crippen LogP contribution in [0.4, 0.5) is 5.69 Å². The zero-order valence-corrected chi connectivity index (χ0v) is 15.9. The number of benzene rings is 2. The maximum absolute atomic E-state index is 12.6. The fourth-order valence-electron chi connectivity index (χ4n) is 3.16. The quantitative estimate of drug-likeness (QED) is 0.862. The third kappa shape index (κ3) is 4.88. The highest BCUT2D eigenvalue weighted by Gasteiger charge is 2.21. The second-order valence-electron chi connectivity index (χ2n) is 6.96. The summed E-state index contributed by atoms with van der Waals surface area (Å²) in [6.45, 7) is 6.36. The molecule has 0 radical (unpaired) electrons. The Morgan fingerprint density at radius 1 is 1.00 bits per heavy atom. The molecule has 1 heterocycles. The molecule has 0 aromatic heterocycles. The van der Waals surface area contributed by atoms with Crippen LogP contribution in [0.15, 0.2) is 48.5 Å². The summed E-state index contributed by atoms with van der Waals surface area (Å²) >= 11 is 0. The van der Waals surface area contributed by atoms with Gasteiger partial charge in [-0.25, -0.2) is 0 Å². The van der Waals surface area contributed by atoms with E-state index in [2.05, 4.69) is 12.2 Å². The van der Waals surface area contributed by atoms with Crippen LogP contribution in [0.5, 0.6) is 5.75 Å². The molecule has 27 heavy (non-hydrogen) atoms. The molecule has 0 bridgehead atoms. The minimum atomic E-state index is -0.204. The SMILES string of the molecule is CCOc1ccc(NC(=O)c2ccc(C(=O)N3CCC(C)CC3)cc2)cc1. The molecule has 1 aliphatic heterocycles. The van der Waals surface area contributed by atoms with E-state index in [0.717, 1.165) is 31.7 Å². The van der Waals surface area contributed by atoms with E-state index in [1.807, 2.05) is 24.0 Å². The van der Waals surface area contributed by atoms with Crippen LogP contribution in [-0.2, 0) is 0 Å². The Morgan fingerprint density at radius 3 is 2.19 bits per heavy atom. The van der Waals surface area contributed by atoms with Crippen LogP contribution in [0.2, 0.25) is 0 Å². The molecule has 1 N–H and O–H groups in total. The number of rotatable bonds is 5. The minimum absolute atomic E-state index is 0.0420. The van der Waals surface area contributed by atoms with Gasteiger partial charge in [-0.05, 0) is 74.2 Å². The first-order chi connectivity index (χ1) is 13.1. The lowest BCUT2D eigenvalue weighted by Gasteiger charge is -2.30. The van der Waals surface area contributed by atoms with Gasteiger partial charge in [0.25, 0.3) is 11.8 Å². The number of carbonyl (C=O) groups is 2. The zero-order valence-electron chi connectivity index (χ0n) is 15.9. The number of nitrogens with zero attached hydrogens (tertiary/aromatic N) is 1. The average Bonchev–Trinajstić information content (AvgIpc) is 2.70. The van der Waals surface area contributed by atoms with Crippen molar-refractivity contribution in [3.63, 3.8) is 0 Å². The van der Waals surface area contributed by atoms with Crippen molar-refractivity contribution in [2.75, 3.05) is 25.0 Å². The molecule has 2 amide bonds. The van der Waals surface area contributed by atoms with E-state index >= 15 is 0 Å². The van der Waals surface area contributed by atoms with Crippen molar-refractivity contribution < 1.29 is 14.3 Å². The first-order valence-electron chi connectivity index (χ1n) is 9.50. The van der Waals surface area contributed by atoms with Crippen molar-refractivity contribution in [2.45, 2.75) is 26.7 Å². The summed E-state index contributed by atoms with van der Waals surface area (Å²) in [5.74, 6) is 1.29. The summed E-state index contributed by atoms with van der Waals surface area (Å²) in [7, 11) is 0. The summed E-state index contributed by atoms with van der Waals surface area (Å²) in [6.07, 6.45) is 2.10. The maximum atomic E-state index is 12.6. The third-order valence-corrected chi connectivity index (χ3v) is 4.89. The standard InChI is InChI=1S/C22H26N2O3/c1-3-27-20-10-8-19(9-11-20)23-21(25)17-4-6-18(7-5-17)22(26)24-14-12-16(2)13-15-24/h4-11,16H,3,12-15H2,1-2H3,(H,23,25). The molecule has 5 nitrogen and oxygen atoms in total. The van der Waals surface area contributed by atoms with Gasteiger partial charge in [-0.2, -0.15) is 0 Å². The number of carbonyl (C=O) groups excluding carboxylic acids is 2. The van der Waals surface area contributed by atoms with Crippen LogP contribution in [-0.4, -0.2) is 36.4 Å². The van der Waals surface area contributed by atoms with E-state index in [4.69, 9.17) is 4.74 Å². The zero-order chi connectivity index (χ0) is 19.2. The van der Waals surface area contributed by atoms with Gasteiger partial charge in [-0.15, -0.1) is 0 Å². The van der Waals surface area contributed by atoms with Gasteiger partial charge in [0.15, 0.2) is 0 Å². The fourth-order valence-corrected chi connectivity index (χ4v) is 3.16. The highest BCUT2D eigenvalue weighted by Crippen LogP contribution is 2.19. The number of piperidine rings is 1. The summed E-state index contributed by atoms with van der Waals surface area (Å²) < 4.78 is 5.39. The molecule has 2 aromatic carbocycles. The lowest BCUT2D eigenvalue weighted by Crippen LogP contribution is -2.37. The predicted octanol–water partition coefficient (Wildman–Crippen LogP) is 4.21. The van der Waals surface area contributed by atoms with Gasteiger partial charge < -0.3 is 15.0 Å². The number of anilines is 1. The summed E-state index contributed by atoms with van der Waals surface area (Å²) in [6, 6.07) is 14.1. The van der Waals surface area contributed by atoms with Crippen molar-refractivity contribution in [3.8, 4) is 5.75 Å². The normalized spacial score (nSPS) is 14.7. The van der Waals surface area contributed by atoms with Gasteiger partial charge in [0.1, 0.15) is 5.75 Å². The van der Waals surface area contributed by atoms with E-state index in [9.17, 15) is 9.59 Å². The summed E-state index contributed by atoms with van der Waals surface area (Å²) in [5.41, 5.74) is 1.85. The highest BCUT2D eigenvalue weighted by atomic mass is 16.5. The predicted molar refractivity (Wildman–Crippen MR) is 106 cm³/mol. The van der Waals surface area contributed by atoms with Crippen molar-refractivity contribution in [1.82, 2.24) is 4.90 Å². The van der Waals surface area contributed by atoms with Crippen molar-refractivity contribution in [2.24, 2.45) is 5.92 Å². The molecule has 3 rings (SSSR count). The number of hydrogen-bond acceptors (Lipinski definition) is 3. The first-order valence-corrected chi connectivity index (χ1v) is 9.50. The van der Waals surface area contributed by atoms with E-state index < -0.39 is 0 Å². The van der Waals surface area contributed by atoms with E-state index in [0.29, 0.717) is 29.3 Å². The lowest BCUT2D eigenvalue weighted by molar-refractivity contribution is 0.0697. The Balaban J connectivity index is 1.60. The van der Waals surface area contributed by atoms with Crippen LogP contribution < -0.4 is 10.1 Å². The van der Waals surface area contributed by atoms with E-state index in [1.165, 1.54) is 0 Å². The molecular formula is C22H26N2O3. The van der Waals surface area contributed by atoms with Gasteiger partial charge in [0, 0.05) is 29.9 Å². The number of amides is 2. The molecule has 0 saturated carbocycles. The molecule has 0 spiro atoms. The molecule has 5 heteroatoms. The number of ether oxygens (including phenoxy) is 1. The Kier molecular flexibility index (Phi) is 6.12. The second kappa shape index (κ2) is 8.71. The highest BCUT2D eigenvalue weighted by molar-refractivity contribution is 6.05. The average molecular weight is 366 g/mol. The summed E-state index contributed by atoms with van der Waals surface area (Å²) in [5, 5.41) is 2.85. The molecule has 142 valence electrons. The van der Waals surface area contributed by atoms with Crippen LogP contribution in [0.1, 0.15) is 47.4 Å². The Bertz CT molecular complexity index is 776. The fraction of sp³-hybridized carbons (Fsp3) is 0.364. The maximum Gasteiger partial charge on any atom is 0.255 e. The van der Waals surface area contributed by atoms with Gasteiger partial charge in [-0.1, -0.05) is 6.92 Å². The lowest BCUT2D eigenvalue weighted by atomic mass is 9.98. The van der Waals surface area contributed by atoms with E-state index in [-0.39, 0.29) is 11.8 Å². The Labute approximate surface area is 160 Å². The third-order valence-electron chi connectivity index (χ3n) is 4.89. The molecular weight excluding hydrogens is 340 g/mol. The van der Waals surface area contributed by atoms with Crippen LogP contribution in [0.25, 0.3) is 0 Å². The minimum Gasteiger partial charge on any atom is -0.494 e. The van der Waals surface area contributed by atoms with Gasteiger partial charge in [0.2, 0.25) is 0 Å². The van der Waals surface area contributed by atoms with Crippen LogP contribution in [0.3, 0.4) is 0 Å². The smallest absolute Gasteiger partial charge is 0.255 e. The molecule has 2 aromatic rings. The monoisotopic (exact) mass is 366 g/mol. The molecule has 1 aliphatic rings. The second-order valence-corrected chi connectivity index (χ2v) is 6.96. The van der Waals surface area contributed by atoms with Crippen LogP contribution in [0, 0.1) is 5.92 Å². The number of likely N-dealkylation sites (tertiary alicyclic amines) is 1. The van der Waals surface area contributed by atoms with Gasteiger partial charge >= 0.3 is 0 Å². The molecule has 1 fully saturated rings. The van der Waals surface area contributed by atoms with Crippen molar-refractivity contribution in [3.05, 3.63) is 59.7 Å². The molecule has 1 saturated heterocycles. The van der Waals surface area contributed by atoms with Gasteiger partial charge in [-0.3, -0.25) is 9.59 Å². The molecule has 0 atom stereocenters. The molecule has 0 unspecified atom stereocenters. The largest absolute Gasteiger partial charge is 0.494 e. The number of hydrogen-bond donors (Lipinski definition) is 1. The van der Waals surface area contributed by atoms with E-state index in [1.54, 1.807) is 36.4 Å². The van der Waals surface area contributed by atoms with Crippen molar-refractivity contribution in [1.29, 1.82) is 0 Å². The number of nitrogens with one attached hydrogen (secondary N) is 1. The summed E-state index contributed by atoms with van der Waals surface area (Å²) in [4.78, 5) is 26.9. The Hall–Kier alpha value is -2.82. The van der Waals surface area contributed by atoms with Crippen LogP contribution >= 0.6 is 0 Å². The van der Waals surface area contributed by atoms with Crippen molar-refractivity contribution >= 4 is 17.5 Å². The molecule has 0 aliphatic carbocycles. The van der Waals surface area contributed by atoms with Gasteiger partial charge in [0.05, 0.1) is 6.61 Å². The topological polar surface area (TPSA) is 58.6 Å².